The van der Waals surface area contributed by atoms with Crippen molar-refractivity contribution in [2.24, 2.45) is 0 Å². The van der Waals surface area contributed by atoms with Gasteiger partial charge in [-0.25, -0.2) is 0 Å². The summed E-state index contributed by atoms with van der Waals surface area (Å²) in [4.78, 5) is 0. The second kappa shape index (κ2) is 3.45. The standard InChI is InChI=1S/C11H17IN2O/c1-10(2)5-9(11(3,4)15-10)14-7-8(12)6-13-14/h6-7,9H,5H2,1-4H3. The molecule has 15 heavy (non-hydrogen) atoms. The number of hydrogen-bond donors (Lipinski definition) is 0. The van der Waals surface area contributed by atoms with Crippen LogP contribution in [0, 0.1) is 3.57 Å². The van der Waals surface area contributed by atoms with E-state index in [1.807, 2.05) is 10.9 Å². The van der Waals surface area contributed by atoms with Crippen molar-refractivity contribution in [1.82, 2.24) is 9.78 Å². The van der Waals surface area contributed by atoms with Gasteiger partial charge in [-0.05, 0) is 50.3 Å². The average Bonchev–Trinajstić information content (AvgIpc) is 2.52. The van der Waals surface area contributed by atoms with Crippen molar-refractivity contribution in [2.75, 3.05) is 0 Å². The van der Waals surface area contributed by atoms with E-state index >= 15 is 0 Å². The highest BCUT2D eigenvalue weighted by Gasteiger charge is 2.47. The minimum Gasteiger partial charge on any atom is -0.367 e. The molecule has 1 aromatic rings. The van der Waals surface area contributed by atoms with Gasteiger partial charge in [-0.1, -0.05) is 0 Å². The molecule has 1 atom stereocenters. The maximum absolute atomic E-state index is 6.05. The molecule has 0 radical (unpaired) electrons. The molecule has 3 nitrogen and oxygen atoms in total. The fourth-order valence-electron chi connectivity index (χ4n) is 2.43. The van der Waals surface area contributed by atoms with E-state index in [1.54, 1.807) is 0 Å². The molecule has 0 saturated carbocycles. The van der Waals surface area contributed by atoms with E-state index in [4.69, 9.17) is 4.74 Å². The predicted octanol–water partition coefficient (Wildman–Crippen LogP) is 3.01. The number of rotatable bonds is 1. The monoisotopic (exact) mass is 320 g/mol. The molecule has 0 spiro atoms. The summed E-state index contributed by atoms with van der Waals surface area (Å²) in [6.07, 6.45) is 4.98. The zero-order chi connectivity index (χ0) is 11.3. The van der Waals surface area contributed by atoms with Crippen LogP contribution in [0.15, 0.2) is 12.4 Å². The first kappa shape index (κ1) is 11.4. The maximum atomic E-state index is 6.05. The molecule has 1 aliphatic heterocycles. The van der Waals surface area contributed by atoms with Gasteiger partial charge in [0.1, 0.15) is 0 Å². The minimum atomic E-state index is -0.140. The summed E-state index contributed by atoms with van der Waals surface area (Å²) in [5.41, 5.74) is -0.190. The molecular weight excluding hydrogens is 303 g/mol. The zero-order valence-electron chi connectivity index (χ0n) is 9.62. The summed E-state index contributed by atoms with van der Waals surface area (Å²) in [6.45, 7) is 8.56. The molecule has 4 heteroatoms. The molecule has 84 valence electrons. The van der Waals surface area contributed by atoms with Crippen LogP contribution in [0.1, 0.15) is 40.2 Å². The summed E-state index contributed by atoms with van der Waals surface area (Å²) < 4.78 is 9.26. The summed E-state index contributed by atoms with van der Waals surface area (Å²) in [5.74, 6) is 0. The lowest BCUT2D eigenvalue weighted by Gasteiger charge is -2.27. The molecule has 0 bridgehead atoms. The van der Waals surface area contributed by atoms with Crippen molar-refractivity contribution in [3.63, 3.8) is 0 Å². The molecule has 1 aliphatic rings. The lowest BCUT2D eigenvalue weighted by atomic mass is 9.95. The number of aromatic nitrogens is 2. The Hall–Kier alpha value is -0.100. The molecule has 0 N–H and O–H groups in total. The number of halogens is 1. The van der Waals surface area contributed by atoms with Gasteiger partial charge in [0.05, 0.1) is 27.0 Å². The van der Waals surface area contributed by atoms with E-state index < -0.39 is 0 Å². The maximum Gasteiger partial charge on any atom is 0.0857 e. The van der Waals surface area contributed by atoms with E-state index in [2.05, 4.69) is 61.6 Å². The highest BCUT2D eigenvalue weighted by atomic mass is 127. The third-order valence-electron chi connectivity index (χ3n) is 2.92. The van der Waals surface area contributed by atoms with E-state index in [1.165, 1.54) is 3.57 Å². The van der Waals surface area contributed by atoms with Crippen molar-refractivity contribution in [3.05, 3.63) is 16.0 Å². The largest absolute Gasteiger partial charge is 0.367 e. The van der Waals surface area contributed by atoms with Gasteiger partial charge in [0.25, 0.3) is 0 Å². The quantitative estimate of drug-likeness (QED) is 0.744. The van der Waals surface area contributed by atoms with Gasteiger partial charge in [0.15, 0.2) is 0 Å². The van der Waals surface area contributed by atoms with Crippen molar-refractivity contribution in [1.29, 1.82) is 0 Å². The van der Waals surface area contributed by atoms with Crippen LogP contribution in [0.4, 0.5) is 0 Å². The second-order valence-corrected chi connectivity index (χ2v) is 6.57. The van der Waals surface area contributed by atoms with Gasteiger partial charge in [-0.3, -0.25) is 4.68 Å². The van der Waals surface area contributed by atoms with Crippen LogP contribution in [0.5, 0.6) is 0 Å². The third kappa shape index (κ3) is 2.20. The number of nitrogens with zero attached hydrogens (tertiary/aromatic N) is 2. The van der Waals surface area contributed by atoms with Gasteiger partial charge >= 0.3 is 0 Å². The lowest BCUT2D eigenvalue weighted by Crippen LogP contribution is -2.31. The van der Waals surface area contributed by atoms with Crippen LogP contribution in [0.2, 0.25) is 0 Å². The SMILES string of the molecule is CC1(C)CC(n2cc(I)cn2)C(C)(C)O1. The molecular formula is C11H17IN2O. The van der Waals surface area contributed by atoms with Gasteiger partial charge < -0.3 is 4.74 Å². The predicted molar refractivity (Wildman–Crippen MR) is 67.8 cm³/mol. The van der Waals surface area contributed by atoms with Crippen LogP contribution in [0.25, 0.3) is 0 Å². The van der Waals surface area contributed by atoms with Gasteiger partial charge in [-0.15, -0.1) is 0 Å². The van der Waals surface area contributed by atoms with Crippen molar-refractivity contribution >= 4 is 22.6 Å². The summed E-state index contributed by atoms with van der Waals surface area (Å²) in [5, 5.41) is 4.39. The molecule has 1 aromatic heterocycles. The van der Waals surface area contributed by atoms with Gasteiger partial charge in [0, 0.05) is 12.6 Å². The average molecular weight is 320 g/mol. The lowest BCUT2D eigenvalue weighted by molar-refractivity contribution is -0.0737. The smallest absolute Gasteiger partial charge is 0.0857 e. The molecule has 1 unspecified atom stereocenters. The Morgan fingerprint density at radius 3 is 2.53 bits per heavy atom. The van der Waals surface area contributed by atoms with Crippen LogP contribution >= 0.6 is 22.6 Å². The molecule has 0 aliphatic carbocycles. The van der Waals surface area contributed by atoms with Gasteiger partial charge in [-0.2, -0.15) is 5.10 Å². The third-order valence-corrected chi connectivity index (χ3v) is 3.47. The fourth-order valence-corrected chi connectivity index (χ4v) is 2.84. The minimum absolute atomic E-state index is 0.0500. The van der Waals surface area contributed by atoms with E-state index in [-0.39, 0.29) is 11.2 Å². The molecule has 1 fully saturated rings. The molecule has 2 rings (SSSR count). The Kier molecular flexibility index (Phi) is 2.62. The molecule has 1 saturated heterocycles. The summed E-state index contributed by atoms with van der Waals surface area (Å²) in [7, 11) is 0. The normalized spacial score (nSPS) is 28.2. The van der Waals surface area contributed by atoms with Crippen molar-refractivity contribution in [3.8, 4) is 0 Å². The Balaban J connectivity index is 2.30. The Morgan fingerprint density at radius 1 is 1.47 bits per heavy atom. The summed E-state index contributed by atoms with van der Waals surface area (Å²) >= 11 is 2.28. The van der Waals surface area contributed by atoms with Crippen molar-refractivity contribution in [2.45, 2.75) is 51.4 Å². The molecule has 0 aromatic carbocycles. The summed E-state index contributed by atoms with van der Waals surface area (Å²) in [6, 6.07) is 0.330. The Bertz CT molecular complexity index is 370. The molecule has 2 heterocycles. The highest BCUT2D eigenvalue weighted by molar-refractivity contribution is 14.1. The van der Waals surface area contributed by atoms with E-state index in [9.17, 15) is 0 Å². The molecule has 0 amide bonds. The highest BCUT2D eigenvalue weighted by Crippen LogP contribution is 2.44. The van der Waals surface area contributed by atoms with Crippen LogP contribution < -0.4 is 0 Å². The Labute approximate surface area is 104 Å². The first-order chi connectivity index (χ1) is 6.80. The van der Waals surface area contributed by atoms with E-state index in [0.29, 0.717) is 6.04 Å². The first-order valence-electron chi connectivity index (χ1n) is 5.20. The van der Waals surface area contributed by atoms with E-state index in [0.717, 1.165) is 6.42 Å². The van der Waals surface area contributed by atoms with Crippen molar-refractivity contribution < 1.29 is 4.74 Å². The first-order valence-corrected chi connectivity index (χ1v) is 6.28. The Morgan fingerprint density at radius 2 is 2.13 bits per heavy atom. The van der Waals surface area contributed by atoms with Crippen LogP contribution in [0.3, 0.4) is 0 Å². The van der Waals surface area contributed by atoms with Gasteiger partial charge in [0.2, 0.25) is 0 Å². The zero-order valence-corrected chi connectivity index (χ0v) is 11.8. The number of ether oxygens (including phenoxy) is 1. The van der Waals surface area contributed by atoms with Crippen LogP contribution in [-0.4, -0.2) is 21.0 Å². The van der Waals surface area contributed by atoms with Crippen LogP contribution in [-0.2, 0) is 4.74 Å². The topological polar surface area (TPSA) is 27.1 Å². The fraction of sp³-hybridized carbons (Fsp3) is 0.727. The second-order valence-electron chi connectivity index (χ2n) is 5.32. The number of hydrogen-bond acceptors (Lipinski definition) is 2.